The van der Waals surface area contributed by atoms with Gasteiger partial charge in [-0.15, -0.1) is 0 Å². The normalized spacial score (nSPS) is 15.6. The van der Waals surface area contributed by atoms with Crippen LogP contribution < -0.4 is 5.73 Å². The first-order valence-corrected chi connectivity index (χ1v) is 9.66. The number of rotatable bonds is 6. The fourth-order valence-electron chi connectivity index (χ4n) is 3.78. The zero-order valence-electron chi connectivity index (χ0n) is 16.2. The summed E-state index contributed by atoms with van der Waals surface area (Å²) in [5.41, 5.74) is 10.9. The summed E-state index contributed by atoms with van der Waals surface area (Å²) in [5, 5.41) is 0. The number of carbonyl (C=O) groups is 2. The number of likely N-dealkylation sites (tertiary alicyclic amines) is 1. The van der Waals surface area contributed by atoms with Crippen LogP contribution in [0.5, 0.6) is 0 Å². The van der Waals surface area contributed by atoms with Gasteiger partial charge in [-0.05, 0) is 72.7 Å². The SMILES string of the molecule is Cc1c(CC=O)cc(-c2ccc(CN3CCC(C)CC3)cc2)cc1C(N)=O. The number of hydrogen-bond acceptors (Lipinski definition) is 3. The van der Waals surface area contributed by atoms with E-state index in [-0.39, 0.29) is 6.42 Å². The van der Waals surface area contributed by atoms with Crippen molar-refractivity contribution in [3.05, 3.63) is 58.7 Å². The second kappa shape index (κ2) is 8.49. The maximum absolute atomic E-state index is 11.8. The lowest BCUT2D eigenvalue weighted by Gasteiger charge is -2.30. The summed E-state index contributed by atoms with van der Waals surface area (Å²) in [6.07, 6.45) is 3.69. The predicted molar refractivity (Wildman–Crippen MR) is 109 cm³/mol. The highest BCUT2D eigenvalue weighted by atomic mass is 16.1. The first-order chi connectivity index (χ1) is 13.0. The summed E-state index contributed by atoms with van der Waals surface area (Å²) in [6.45, 7) is 7.47. The number of amides is 1. The molecule has 0 atom stereocenters. The number of hydrogen-bond donors (Lipinski definition) is 1. The number of carbonyl (C=O) groups excluding carboxylic acids is 2. The summed E-state index contributed by atoms with van der Waals surface area (Å²) in [4.78, 5) is 25.3. The van der Waals surface area contributed by atoms with Crippen molar-refractivity contribution in [2.24, 2.45) is 11.7 Å². The van der Waals surface area contributed by atoms with Gasteiger partial charge in [0.2, 0.25) is 5.91 Å². The molecule has 27 heavy (non-hydrogen) atoms. The third kappa shape index (κ3) is 4.64. The van der Waals surface area contributed by atoms with Crippen LogP contribution in [0.25, 0.3) is 11.1 Å². The first kappa shape index (κ1) is 19.3. The minimum absolute atomic E-state index is 0.283. The van der Waals surface area contributed by atoms with E-state index in [0.717, 1.165) is 54.1 Å². The summed E-state index contributed by atoms with van der Waals surface area (Å²) in [6, 6.07) is 12.3. The molecule has 1 aliphatic heterocycles. The average Bonchev–Trinajstić information content (AvgIpc) is 2.66. The number of piperidine rings is 1. The number of nitrogens with zero attached hydrogens (tertiary/aromatic N) is 1. The molecule has 142 valence electrons. The Labute approximate surface area is 161 Å². The molecule has 0 aliphatic carbocycles. The Morgan fingerprint density at radius 2 is 1.81 bits per heavy atom. The molecule has 4 nitrogen and oxygen atoms in total. The molecule has 1 aliphatic rings. The summed E-state index contributed by atoms with van der Waals surface area (Å²) < 4.78 is 0. The van der Waals surface area contributed by atoms with Crippen LogP contribution in [-0.4, -0.2) is 30.2 Å². The predicted octanol–water partition coefficient (Wildman–Crippen LogP) is 3.73. The highest BCUT2D eigenvalue weighted by Crippen LogP contribution is 2.27. The molecule has 0 radical (unpaired) electrons. The Hall–Kier alpha value is -2.46. The van der Waals surface area contributed by atoms with E-state index in [1.165, 1.54) is 18.4 Å². The van der Waals surface area contributed by atoms with Crippen LogP contribution in [0, 0.1) is 12.8 Å². The van der Waals surface area contributed by atoms with Crippen LogP contribution in [0.3, 0.4) is 0 Å². The van der Waals surface area contributed by atoms with Gasteiger partial charge in [0.1, 0.15) is 6.29 Å². The second-order valence-electron chi connectivity index (χ2n) is 7.70. The van der Waals surface area contributed by atoms with E-state index in [1.807, 2.05) is 19.1 Å². The van der Waals surface area contributed by atoms with Crippen molar-refractivity contribution in [1.82, 2.24) is 4.90 Å². The van der Waals surface area contributed by atoms with Gasteiger partial charge in [-0.1, -0.05) is 37.3 Å². The van der Waals surface area contributed by atoms with Gasteiger partial charge in [-0.25, -0.2) is 0 Å². The Bertz CT molecular complexity index is 819. The topological polar surface area (TPSA) is 63.4 Å². The van der Waals surface area contributed by atoms with Crippen LogP contribution in [0.2, 0.25) is 0 Å². The van der Waals surface area contributed by atoms with E-state index in [9.17, 15) is 9.59 Å². The fourth-order valence-corrected chi connectivity index (χ4v) is 3.78. The third-order valence-electron chi connectivity index (χ3n) is 5.65. The lowest BCUT2D eigenvalue weighted by atomic mass is 9.93. The van der Waals surface area contributed by atoms with Crippen LogP contribution >= 0.6 is 0 Å². The van der Waals surface area contributed by atoms with Crippen molar-refractivity contribution in [2.75, 3.05) is 13.1 Å². The summed E-state index contributed by atoms with van der Waals surface area (Å²) >= 11 is 0. The van der Waals surface area contributed by atoms with Gasteiger partial charge in [0.15, 0.2) is 0 Å². The largest absolute Gasteiger partial charge is 0.366 e. The van der Waals surface area contributed by atoms with Crippen LogP contribution in [0.15, 0.2) is 36.4 Å². The number of primary amides is 1. The molecule has 0 unspecified atom stereocenters. The average molecular weight is 364 g/mol. The Kier molecular flexibility index (Phi) is 6.07. The van der Waals surface area contributed by atoms with E-state index in [0.29, 0.717) is 5.56 Å². The first-order valence-electron chi connectivity index (χ1n) is 9.66. The molecular formula is C23H28N2O2. The summed E-state index contributed by atoms with van der Waals surface area (Å²) in [5.74, 6) is 0.377. The molecule has 0 spiro atoms. The Morgan fingerprint density at radius 3 is 2.41 bits per heavy atom. The number of benzene rings is 2. The molecule has 2 aromatic carbocycles. The van der Waals surface area contributed by atoms with Crippen molar-refractivity contribution in [2.45, 2.75) is 39.7 Å². The Balaban J connectivity index is 1.82. The second-order valence-corrected chi connectivity index (χ2v) is 7.70. The van der Waals surface area contributed by atoms with E-state index >= 15 is 0 Å². The van der Waals surface area contributed by atoms with Crippen molar-refractivity contribution in [3.8, 4) is 11.1 Å². The Morgan fingerprint density at radius 1 is 1.15 bits per heavy atom. The fraction of sp³-hybridized carbons (Fsp3) is 0.391. The van der Waals surface area contributed by atoms with Gasteiger partial charge >= 0.3 is 0 Å². The molecule has 1 saturated heterocycles. The number of nitrogens with two attached hydrogens (primary N) is 1. The molecule has 2 N–H and O–H groups in total. The van der Waals surface area contributed by atoms with Gasteiger partial charge in [0.25, 0.3) is 0 Å². The van der Waals surface area contributed by atoms with Crippen molar-refractivity contribution >= 4 is 12.2 Å². The van der Waals surface area contributed by atoms with Gasteiger partial charge in [0.05, 0.1) is 0 Å². The van der Waals surface area contributed by atoms with Gasteiger partial charge < -0.3 is 10.5 Å². The minimum Gasteiger partial charge on any atom is -0.366 e. The maximum Gasteiger partial charge on any atom is 0.248 e. The highest BCUT2D eigenvalue weighted by Gasteiger charge is 2.16. The third-order valence-corrected chi connectivity index (χ3v) is 5.65. The lowest BCUT2D eigenvalue weighted by Crippen LogP contribution is -2.32. The van der Waals surface area contributed by atoms with Crippen molar-refractivity contribution < 1.29 is 9.59 Å². The van der Waals surface area contributed by atoms with Crippen LogP contribution in [0.4, 0.5) is 0 Å². The van der Waals surface area contributed by atoms with Crippen LogP contribution in [-0.2, 0) is 17.8 Å². The van der Waals surface area contributed by atoms with Crippen LogP contribution in [0.1, 0.15) is 46.8 Å². The molecule has 3 rings (SSSR count). The van der Waals surface area contributed by atoms with Gasteiger partial charge in [0, 0.05) is 18.5 Å². The molecule has 0 bridgehead atoms. The molecule has 1 fully saturated rings. The maximum atomic E-state index is 11.8. The lowest BCUT2D eigenvalue weighted by molar-refractivity contribution is -0.107. The van der Waals surface area contributed by atoms with E-state index in [1.54, 1.807) is 0 Å². The van der Waals surface area contributed by atoms with Crippen molar-refractivity contribution in [3.63, 3.8) is 0 Å². The molecule has 1 amide bonds. The standard InChI is InChI=1S/C23H28N2O2/c1-16-7-10-25(11-8-16)15-18-3-5-19(6-4-18)21-13-20(9-12-26)17(2)22(14-21)23(24)27/h3-6,12-14,16H,7-11,15H2,1-2H3,(H2,24,27). The van der Waals surface area contributed by atoms with E-state index in [4.69, 9.17) is 5.73 Å². The van der Waals surface area contributed by atoms with Gasteiger partial charge in [-0.3, -0.25) is 9.69 Å². The molecule has 1 heterocycles. The number of aldehydes is 1. The molecular weight excluding hydrogens is 336 g/mol. The zero-order valence-corrected chi connectivity index (χ0v) is 16.2. The monoisotopic (exact) mass is 364 g/mol. The smallest absolute Gasteiger partial charge is 0.248 e. The van der Waals surface area contributed by atoms with E-state index < -0.39 is 5.91 Å². The minimum atomic E-state index is -0.461. The highest BCUT2D eigenvalue weighted by molar-refractivity contribution is 5.96. The van der Waals surface area contributed by atoms with E-state index in [2.05, 4.69) is 36.1 Å². The molecule has 4 heteroatoms. The molecule has 0 saturated carbocycles. The quantitative estimate of drug-likeness (QED) is 0.794. The molecule has 0 aromatic heterocycles. The summed E-state index contributed by atoms with van der Waals surface area (Å²) in [7, 11) is 0. The van der Waals surface area contributed by atoms with Gasteiger partial charge in [-0.2, -0.15) is 0 Å². The molecule has 2 aromatic rings. The van der Waals surface area contributed by atoms with Crippen molar-refractivity contribution in [1.29, 1.82) is 0 Å². The zero-order chi connectivity index (χ0) is 19.4.